The van der Waals surface area contributed by atoms with Crippen LogP contribution >= 0.6 is 15.9 Å². The number of halogens is 1. The number of benzene rings is 1. The van der Waals surface area contributed by atoms with Gasteiger partial charge in [-0.1, -0.05) is 54.6 Å². The minimum atomic E-state index is 0.111. The fourth-order valence-corrected chi connectivity index (χ4v) is 2.08. The third kappa shape index (κ3) is 6.47. The van der Waals surface area contributed by atoms with Crippen LogP contribution in [0.1, 0.15) is 45.4 Å². The third-order valence-electron chi connectivity index (χ3n) is 2.62. The van der Waals surface area contributed by atoms with Crippen molar-refractivity contribution in [3.05, 3.63) is 28.7 Å². The molecular weight excluding hydrogens is 278 g/mol. The van der Waals surface area contributed by atoms with Crippen LogP contribution in [0.3, 0.4) is 0 Å². The van der Waals surface area contributed by atoms with Crippen LogP contribution < -0.4 is 5.32 Å². The Balaban J connectivity index is 2.21. The van der Waals surface area contributed by atoms with E-state index < -0.39 is 0 Å². The molecule has 0 spiro atoms. The minimum Gasteiger partial charge on any atom is -0.326 e. The van der Waals surface area contributed by atoms with Crippen molar-refractivity contribution in [1.82, 2.24) is 0 Å². The van der Waals surface area contributed by atoms with Crippen LogP contribution in [-0.2, 0) is 4.79 Å². The number of rotatable bonds is 7. The highest BCUT2D eigenvalue weighted by molar-refractivity contribution is 9.10. The lowest BCUT2D eigenvalue weighted by atomic mass is 10.1. The summed E-state index contributed by atoms with van der Waals surface area (Å²) in [4.78, 5) is 11.6. The van der Waals surface area contributed by atoms with Gasteiger partial charge >= 0.3 is 0 Å². The molecule has 0 heterocycles. The average Bonchev–Trinajstić information content (AvgIpc) is 2.29. The van der Waals surface area contributed by atoms with Gasteiger partial charge in [0.1, 0.15) is 0 Å². The molecule has 0 fully saturated rings. The van der Waals surface area contributed by atoms with E-state index in [2.05, 4.69) is 28.2 Å². The quantitative estimate of drug-likeness (QED) is 0.723. The zero-order valence-electron chi connectivity index (χ0n) is 10.3. The molecule has 17 heavy (non-hydrogen) atoms. The Bertz CT molecular complexity index is 352. The van der Waals surface area contributed by atoms with Gasteiger partial charge in [-0.05, 0) is 24.6 Å². The number of amides is 1. The van der Waals surface area contributed by atoms with Gasteiger partial charge < -0.3 is 5.32 Å². The van der Waals surface area contributed by atoms with E-state index in [-0.39, 0.29) is 5.91 Å². The molecule has 0 bridgehead atoms. The zero-order chi connectivity index (χ0) is 12.5. The second-order valence-corrected chi connectivity index (χ2v) is 5.14. The summed E-state index contributed by atoms with van der Waals surface area (Å²) in [6, 6.07) is 7.68. The Morgan fingerprint density at radius 3 is 2.71 bits per heavy atom. The fourth-order valence-electron chi connectivity index (χ4n) is 1.68. The largest absolute Gasteiger partial charge is 0.326 e. The molecule has 0 aromatic heterocycles. The molecule has 94 valence electrons. The van der Waals surface area contributed by atoms with E-state index in [1.54, 1.807) is 0 Å². The second kappa shape index (κ2) is 8.29. The molecule has 0 radical (unpaired) electrons. The number of hydrogen-bond donors (Lipinski definition) is 1. The number of hydrogen-bond acceptors (Lipinski definition) is 1. The molecule has 1 aromatic rings. The van der Waals surface area contributed by atoms with Crippen molar-refractivity contribution in [2.45, 2.75) is 45.4 Å². The predicted octanol–water partition coefficient (Wildman–Crippen LogP) is 4.75. The summed E-state index contributed by atoms with van der Waals surface area (Å²) >= 11 is 3.38. The van der Waals surface area contributed by atoms with Crippen molar-refractivity contribution in [2.24, 2.45) is 0 Å². The third-order valence-corrected chi connectivity index (χ3v) is 3.11. The number of nitrogens with one attached hydrogen (secondary N) is 1. The number of carbonyl (C=O) groups is 1. The minimum absolute atomic E-state index is 0.111. The van der Waals surface area contributed by atoms with E-state index in [1.807, 2.05) is 24.3 Å². The normalized spacial score (nSPS) is 10.2. The van der Waals surface area contributed by atoms with Gasteiger partial charge in [-0.15, -0.1) is 0 Å². The SMILES string of the molecule is CCCCCCCC(=O)Nc1cccc(Br)c1. The summed E-state index contributed by atoms with van der Waals surface area (Å²) in [7, 11) is 0. The van der Waals surface area contributed by atoms with Crippen LogP contribution in [0.25, 0.3) is 0 Å². The number of carbonyl (C=O) groups excluding carboxylic acids is 1. The van der Waals surface area contributed by atoms with Crippen LogP contribution in [0.15, 0.2) is 28.7 Å². The smallest absolute Gasteiger partial charge is 0.224 e. The van der Waals surface area contributed by atoms with Gasteiger partial charge in [0.05, 0.1) is 0 Å². The molecule has 1 aromatic carbocycles. The van der Waals surface area contributed by atoms with Crippen LogP contribution in [0.4, 0.5) is 5.69 Å². The molecule has 1 amide bonds. The molecule has 0 aliphatic carbocycles. The first-order valence-electron chi connectivity index (χ1n) is 6.28. The monoisotopic (exact) mass is 297 g/mol. The first-order valence-corrected chi connectivity index (χ1v) is 7.07. The van der Waals surface area contributed by atoms with Gasteiger partial charge in [-0.3, -0.25) is 4.79 Å². The summed E-state index contributed by atoms with van der Waals surface area (Å²) in [6.45, 7) is 2.19. The molecule has 0 atom stereocenters. The topological polar surface area (TPSA) is 29.1 Å². The molecule has 0 unspecified atom stereocenters. The lowest BCUT2D eigenvalue weighted by Gasteiger charge is -2.05. The summed E-state index contributed by atoms with van der Waals surface area (Å²) < 4.78 is 0.984. The standard InChI is InChI=1S/C14H20BrNO/c1-2-3-4-5-6-10-14(17)16-13-9-7-8-12(15)11-13/h7-9,11H,2-6,10H2,1H3,(H,16,17). The Morgan fingerprint density at radius 1 is 1.24 bits per heavy atom. The lowest BCUT2D eigenvalue weighted by molar-refractivity contribution is -0.116. The molecule has 1 rings (SSSR count). The van der Waals surface area contributed by atoms with Gasteiger partial charge in [-0.2, -0.15) is 0 Å². The van der Waals surface area contributed by atoms with Gasteiger partial charge in [-0.25, -0.2) is 0 Å². The summed E-state index contributed by atoms with van der Waals surface area (Å²) in [6.07, 6.45) is 6.51. The van der Waals surface area contributed by atoms with Crippen molar-refractivity contribution < 1.29 is 4.79 Å². The summed E-state index contributed by atoms with van der Waals surface area (Å²) in [5, 5.41) is 2.90. The maximum Gasteiger partial charge on any atom is 0.224 e. The van der Waals surface area contributed by atoms with Crippen molar-refractivity contribution in [1.29, 1.82) is 0 Å². The van der Waals surface area contributed by atoms with Crippen molar-refractivity contribution >= 4 is 27.5 Å². The second-order valence-electron chi connectivity index (χ2n) is 4.22. The van der Waals surface area contributed by atoms with Gasteiger partial charge in [0.2, 0.25) is 5.91 Å². The highest BCUT2D eigenvalue weighted by Gasteiger charge is 2.02. The summed E-state index contributed by atoms with van der Waals surface area (Å²) in [5.41, 5.74) is 0.859. The van der Waals surface area contributed by atoms with Crippen molar-refractivity contribution in [3.63, 3.8) is 0 Å². The Morgan fingerprint density at radius 2 is 2.00 bits per heavy atom. The van der Waals surface area contributed by atoms with Crippen LogP contribution in [0.2, 0.25) is 0 Å². The van der Waals surface area contributed by atoms with Crippen LogP contribution in [0, 0.1) is 0 Å². The molecule has 1 N–H and O–H groups in total. The molecule has 0 aliphatic heterocycles. The lowest BCUT2D eigenvalue weighted by Crippen LogP contribution is -2.10. The molecular formula is C14H20BrNO. The Labute approximate surface area is 112 Å². The van der Waals surface area contributed by atoms with E-state index in [0.717, 1.165) is 23.0 Å². The maximum absolute atomic E-state index is 11.6. The summed E-state index contributed by atoms with van der Waals surface area (Å²) in [5.74, 6) is 0.111. The van der Waals surface area contributed by atoms with E-state index in [0.29, 0.717) is 6.42 Å². The maximum atomic E-state index is 11.6. The van der Waals surface area contributed by atoms with Gasteiger partial charge in [0.15, 0.2) is 0 Å². The molecule has 0 saturated carbocycles. The first kappa shape index (κ1) is 14.2. The van der Waals surface area contributed by atoms with Crippen LogP contribution in [-0.4, -0.2) is 5.91 Å². The molecule has 0 saturated heterocycles. The average molecular weight is 298 g/mol. The molecule has 2 nitrogen and oxygen atoms in total. The highest BCUT2D eigenvalue weighted by Crippen LogP contribution is 2.16. The van der Waals surface area contributed by atoms with Crippen molar-refractivity contribution in [3.8, 4) is 0 Å². The van der Waals surface area contributed by atoms with E-state index in [4.69, 9.17) is 0 Å². The zero-order valence-corrected chi connectivity index (χ0v) is 11.9. The fraction of sp³-hybridized carbons (Fsp3) is 0.500. The van der Waals surface area contributed by atoms with Gasteiger partial charge in [0, 0.05) is 16.6 Å². The van der Waals surface area contributed by atoms with E-state index >= 15 is 0 Å². The van der Waals surface area contributed by atoms with Gasteiger partial charge in [0.25, 0.3) is 0 Å². The first-order chi connectivity index (χ1) is 8.22. The Hall–Kier alpha value is -0.830. The molecule has 0 aliphatic rings. The van der Waals surface area contributed by atoms with E-state index in [1.165, 1.54) is 19.3 Å². The van der Waals surface area contributed by atoms with E-state index in [9.17, 15) is 4.79 Å². The van der Waals surface area contributed by atoms with Crippen LogP contribution in [0.5, 0.6) is 0 Å². The molecule has 3 heteroatoms. The Kier molecular flexibility index (Phi) is 6.94. The predicted molar refractivity (Wildman–Crippen MR) is 76.1 cm³/mol. The van der Waals surface area contributed by atoms with Crippen molar-refractivity contribution in [2.75, 3.05) is 5.32 Å². The number of anilines is 1. The highest BCUT2D eigenvalue weighted by atomic mass is 79.9. The number of unbranched alkanes of at least 4 members (excludes halogenated alkanes) is 4.